The summed E-state index contributed by atoms with van der Waals surface area (Å²) in [5.74, 6) is 1.72. The van der Waals surface area contributed by atoms with Crippen LogP contribution in [0.15, 0.2) is 52.9 Å². The van der Waals surface area contributed by atoms with E-state index in [9.17, 15) is 0 Å². The number of rotatable bonds is 3. The molecule has 0 unspecified atom stereocenters. The summed E-state index contributed by atoms with van der Waals surface area (Å²) in [7, 11) is 0. The van der Waals surface area contributed by atoms with Gasteiger partial charge in [0.2, 0.25) is 5.71 Å². The lowest BCUT2D eigenvalue weighted by Gasteiger charge is -2.20. The Morgan fingerprint density at radius 3 is 2.42 bits per heavy atom. The van der Waals surface area contributed by atoms with Gasteiger partial charge in [-0.2, -0.15) is 0 Å². The average Bonchev–Trinajstić information content (AvgIpc) is 3.55. The van der Waals surface area contributed by atoms with Crippen molar-refractivity contribution in [3.63, 3.8) is 0 Å². The van der Waals surface area contributed by atoms with E-state index in [1.54, 1.807) is 0 Å². The molecule has 190 valence electrons. The van der Waals surface area contributed by atoms with Crippen molar-refractivity contribution in [2.45, 2.75) is 72.1 Å². The first kappa shape index (κ1) is 23.3. The summed E-state index contributed by atoms with van der Waals surface area (Å²) < 4.78 is 6.41. The third-order valence-electron chi connectivity index (χ3n) is 8.53. The Bertz CT molecular complexity index is 1890. The Morgan fingerprint density at radius 2 is 1.63 bits per heavy atom. The van der Waals surface area contributed by atoms with Gasteiger partial charge >= 0.3 is 0 Å². The number of para-hydroxylation sites is 1. The van der Waals surface area contributed by atoms with E-state index in [2.05, 4.69) is 75.1 Å². The molecule has 0 atom stereocenters. The van der Waals surface area contributed by atoms with Crippen LogP contribution in [0.4, 0.5) is 0 Å². The highest BCUT2D eigenvalue weighted by atomic mass is 16.3. The van der Waals surface area contributed by atoms with Gasteiger partial charge in [-0.1, -0.05) is 51.0 Å². The fraction of sp³-hybridized carbons (Fsp3) is 0.324. The van der Waals surface area contributed by atoms with E-state index < -0.39 is 0 Å². The molecule has 1 saturated carbocycles. The van der Waals surface area contributed by atoms with Crippen LogP contribution < -0.4 is 0 Å². The van der Waals surface area contributed by atoms with Crippen molar-refractivity contribution in [1.82, 2.24) is 15.0 Å². The molecule has 1 fully saturated rings. The summed E-state index contributed by atoms with van der Waals surface area (Å²) in [4.78, 5) is 15.1. The molecule has 0 radical (unpaired) electrons. The van der Waals surface area contributed by atoms with Crippen molar-refractivity contribution in [3.8, 4) is 11.3 Å². The number of benzene rings is 3. The monoisotopic (exact) mass is 499 g/mol. The Hall–Kier alpha value is -3.79. The van der Waals surface area contributed by atoms with E-state index in [0.717, 1.165) is 50.0 Å². The standard InChI is InChI=1S/C34H33N3O/c1-18(2)33-36-30(27-12-8-11-24-25-15-13-20(4)35-34(25)38-32(24)27)26-16-14-23-17-19(3)28(22-9-6-7-10-22)21(5)29(23)31(26)37-33/h8,11-18,22H,6-7,9-10H2,1-5H3. The lowest BCUT2D eigenvalue weighted by Crippen LogP contribution is -2.04. The van der Waals surface area contributed by atoms with Crippen LogP contribution in [0.3, 0.4) is 0 Å². The topological polar surface area (TPSA) is 51.8 Å². The van der Waals surface area contributed by atoms with Crippen molar-refractivity contribution in [2.75, 3.05) is 0 Å². The number of hydrogen-bond acceptors (Lipinski definition) is 4. The van der Waals surface area contributed by atoms with Crippen LogP contribution in [0.25, 0.3) is 55.0 Å². The first-order valence-electron chi connectivity index (χ1n) is 13.9. The second-order valence-electron chi connectivity index (χ2n) is 11.4. The van der Waals surface area contributed by atoms with Gasteiger partial charge in [0, 0.05) is 38.7 Å². The van der Waals surface area contributed by atoms with Crippen LogP contribution in [-0.4, -0.2) is 15.0 Å². The summed E-state index contributed by atoms with van der Waals surface area (Å²) in [6.07, 6.45) is 5.24. The summed E-state index contributed by atoms with van der Waals surface area (Å²) in [6.45, 7) is 10.9. The van der Waals surface area contributed by atoms with Crippen molar-refractivity contribution < 1.29 is 4.42 Å². The third kappa shape index (κ3) is 3.46. The van der Waals surface area contributed by atoms with Crippen LogP contribution in [-0.2, 0) is 0 Å². The number of hydrogen-bond donors (Lipinski definition) is 0. The molecule has 0 bridgehead atoms. The fourth-order valence-corrected chi connectivity index (χ4v) is 6.75. The van der Waals surface area contributed by atoms with Gasteiger partial charge in [-0.05, 0) is 85.9 Å². The molecule has 0 N–H and O–H groups in total. The normalized spacial score (nSPS) is 14.7. The Labute approximate surface area is 223 Å². The molecule has 7 rings (SSSR count). The lowest BCUT2D eigenvalue weighted by molar-refractivity contribution is 0.653. The molecular formula is C34H33N3O. The molecule has 1 aliphatic rings. The molecule has 6 aromatic rings. The van der Waals surface area contributed by atoms with Crippen LogP contribution in [0.5, 0.6) is 0 Å². The highest BCUT2D eigenvalue weighted by molar-refractivity contribution is 6.14. The zero-order chi connectivity index (χ0) is 26.1. The lowest BCUT2D eigenvalue weighted by atomic mass is 9.85. The minimum atomic E-state index is 0.202. The molecule has 4 nitrogen and oxygen atoms in total. The number of aryl methyl sites for hydroxylation is 3. The van der Waals surface area contributed by atoms with Gasteiger partial charge in [-0.15, -0.1) is 0 Å². The van der Waals surface area contributed by atoms with E-state index >= 15 is 0 Å². The smallest absolute Gasteiger partial charge is 0.227 e. The summed E-state index contributed by atoms with van der Waals surface area (Å²) in [6, 6.07) is 17.3. The van der Waals surface area contributed by atoms with Crippen LogP contribution in [0, 0.1) is 20.8 Å². The number of nitrogens with zero attached hydrogens (tertiary/aromatic N) is 3. The van der Waals surface area contributed by atoms with E-state index in [1.807, 2.05) is 13.0 Å². The molecule has 0 amide bonds. The molecule has 0 saturated heterocycles. The van der Waals surface area contributed by atoms with Crippen molar-refractivity contribution in [3.05, 3.63) is 76.7 Å². The SMILES string of the molecule is Cc1ccc2c(n1)oc1c(-c3nc(C(C)C)nc4c3ccc3cc(C)c(C5CCCC5)c(C)c34)cccc12. The molecule has 3 aromatic carbocycles. The van der Waals surface area contributed by atoms with E-state index in [0.29, 0.717) is 11.6 Å². The highest BCUT2D eigenvalue weighted by Gasteiger charge is 2.24. The maximum Gasteiger partial charge on any atom is 0.227 e. The average molecular weight is 500 g/mol. The summed E-state index contributed by atoms with van der Waals surface area (Å²) in [5, 5.41) is 5.71. The summed E-state index contributed by atoms with van der Waals surface area (Å²) in [5.41, 5.74) is 9.77. The molecule has 3 aromatic heterocycles. The van der Waals surface area contributed by atoms with E-state index in [4.69, 9.17) is 14.4 Å². The second-order valence-corrected chi connectivity index (χ2v) is 11.4. The zero-order valence-electron chi connectivity index (χ0n) is 22.9. The third-order valence-corrected chi connectivity index (χ3v) is 8.53. The maximum atomic E-state index is 6.41. The molecule has 3 heterocycles. The second kappa shape index (κ2) is 8.62. The summed E-state index contributed by atoms with van der Waals surface area (Å²) >= 11 is 0. The first-order valence-corrected chi connectivity index (χ1v) is 13.9. The van der Waals surface area contributed by atoms with Crippen LogP contribution in [0.2, 0.25) is 0 Å². The van der Waals surface area contributed by atoms with Crippen LogP contribution >= 0.6 is 0 Å². The molecular weight excluding hydrogens is 466 g/mol. The number of pyridine rings is 1. The van der Waals surface area contributed by atoms with Gasteiger partial charge in [0.05, 0.1) is 11.2 Å². The van der Waals surface area contributed by atoms with E-state index in [1.165, 1.54) is 53.1 Å². The number of furan rings is 1. The quantitative estimate of drug-likeness (QED) is 0.228. The molecule has 0 spiro atoms. The van der Waals surface area contributed by atoms with E-state index in [-0.39, 0.29) is 5.92 Å². The Balaban J connectivity index is 1.58. The number of fused-ring (bicyclic) bond motifs is 6. The maximum absolute atomic E-state index is 6.41. The van der Waals surface area contributed by atoms with Crippen molar-refractivity contribution in [2.24, 2.45) is 0 Å². The van der Waals surface area contributed by atoms with Gasteiger partial charge in [0.15, 0.2) is 0 Å². The first-order chi connectivity index (χ1) is 18.4. The zero-order valence-corrected chi connectivity index (χ0v) is 22.9. The Morgan fingerprint density at radius 1 is 0.842 bits per heavy atom. The number of aromatic nitrogens is 3. The molecule has 4 heteroatoms. The van der Waals surface area contributed by atoms with Crippen molar-refractivity contribution in [1.29, 1.82) is 0 Å². The van der Waals surface area contributed by atoms with Crippen molar-refractivity contribution >= 4 is 43.7 Å². The van der Waals surface area contributed by atoms with Gasteiger partial charge in [0.1, 0.15) is 11.4 Å². The van der Waals surface area contributed by atoms with Gasteiger partial charge in [-0.25, -0.2) is 15.0 Å². The predicted molar refractivity (Wildman–Crippen MR) is 157 cm³/mol. The fourth-order valence-electron chi connectivity index (χ4n) is 6.75. The van der Waals surface area contributed by atoms with Gasteiger partial charge in [-0.3, -0.25) is 0 Å². The highest BCUT2D eigenvalue weighted by Crippen LogP contribution is 2.43. The largest absolute Gasteiger partial charge is 0.437 e. The molecule has 1 aliphatic carbocycles. The minimum absolute atomic E-state index is 0.202. The van der Waals surface area contributed by atoms with Crippen LogP contribution in [0.1, 0.15) is 79.6 Å². The predicted octanol–water partition coefficient (Wildman–Crippen LogP) is 9.45. The molecule has 38 heavy (non-hydrogen) atoms. The molecule has 0 aliphatic heterocycles. The van der Waals surface area contributed by atoms with Gasteiger partial charge in [0.25, 0.3) is 0 Å². The minimum Gasteiger partial charge on any atom is -0.437 e. The van der Waals surface area contributed by atoms with Gasteiger partial charge < -0.3 is 4.42 Å². The Kier molecular flexibility index (Phi) is 5.30.